The first kappa shape index (κ1) is 11.9. The van der Waals surface area contributed by atoms with Crippen LogP contribution in [0.5, 0.6) is 0 Å². The summed E-state index contributed by atoms with van der Waals surface area (Å²) in [6.45, 7) is 9.56. The van der Waals surface area contributed by atoms with Gasteiger partial charge in [0.25, 0.3) is 0 Å². The molecule has 1 saturated heterocycles. The van der Waals surface area contributed by atoms with Gasteiger partial charge < -0.3 is 9.64 Å². The van der Waals surface area contributed by atoms with E-state index < -0.39 is 0 Å². The van der Waals surface area contributed by atoms with Crippen molar-refractivity contribution in [3.05, 3.63) is 0 Å². The molecular formula is C10H23NO. The molecule has 0 N–H and O–H groups in total. The SMILES string of the molecule is CC1CCN(C)CCO1.CCC. The number of hydrogen-bond donors (Lipinski definition) is 0. The minimum atomic E-state index is 0.468. The lowest BCUT2D eigenvalue weighted by Crippen LogP contribution is -2.20. The molecule has 0 spiro atoms. The molecule has 1 atom stereocenters. The maximum Gasteiger partial charge on any atom is 0.0596 e. The Hall–Kier alpha value is -0.0800. The van der Waals surface area contributed by atoms with Crippen LogP contribution in [0.2, 0.25) is 0 Å². The molecule has 2 nitrogen and oxygen atoms in total. The van der Waals surface area contributed by atoms with E-state index in [9.17, 15) is 0 Å². The monoisotopic (exact) mass is 173 g/mol. The molecule has 0 aromatic carbocycles. The molecule has 12 heavy (non-hydrogen) atoms. The van der Waals surface area contributed by atoms with E-state index in [1.54, 1.807) is 0 Å². The molecule has 1 heterocycles. The van der Waals surface area contributed by atoms with Gasteiger partial charge in [0.1, 0.15) is 0 Å². The zero-order chi connectivity index (χ0) is 9.40. The van der Waals surface area contributed by atoms with E-state index >= 15 is 0 Å². The van der Waals surface area contributed by atoms with Gasteiger partial charge in [-0.3, -0.25) is 0 Å². The summed E-state index contributed by atoms with van der Waals surface area (Å²) in [6, 6.07) is 0. The van der Waals surface area contributed by atoms with Crippen LogP contribution >= 0.6 is 0 Å². The second kappa shape index (κ2) is 7.56. The molecule has 1 aliphatic heterocycles. The fourth-order valence-electron chi connectivity index (χ4n) is 1.01. The molecule has 0 radical (unpaired) electrons. The Morgan fingerprint density at radius 1 is 1.33 bits per heavy atom. The molecule has 2 heteroatoms. The second-order valence-corrected chi connectivity index (χ2v) is 3.48. The quantitative estimate of drug-likeness (QED) is 0.556. The Morgan fingerprint density at radius 3 is 2.50 bits per heavy atom. The molecule has 0 aromatic rings. The van der Waals surface area contributed by atoms with Gasteiger partial charge in [-0.25, -0.2) is 0 Å². The summed E-state index contributed by atoms with van der Waals surface area (Å²) in [5.74, 6) is 0. The summed E-state index contributed by atoms with van der Waals surface area (Å²) < 4.78 is 5.43. The van der Waals surface area contributed by atoms with E-state index in [4.69, 9.17) is 4.74 Å². The summed E-state index contributed by atoms with van der Waals surface area (Å²) in [5, 5.41) is 0. The zero-order valence-corrected chi connectivity index (χ0v) is 8.97. The summed E-state index contributed by atoms with van der Waals surface area (Å²) >= 11 is 0. The number of likely N-dealkylation sites (N-methyl/N-ethyl adjacent to an activating group) is 1. The predicted molar refractivity (Wildman–Crippen MR) is 53.5 cm³/mol. The fourth-order valence-corrected chi connectivity index (χ4v) is 1.01. The number of nitrogens with zero attached hydrogens (tertiary/aromatic N) is 1. The van der Waals surface area contributed by atoms with Crippen LogP contribution in [0.1, 0.15) is 33.6 Å². The molecule has 0 aromatic heterocycles. The Balaban J connectivity index is 0.000000354. The maximum absolute atomic E-state index is 5.43. The normalized spacial score (nSPS) is 25.5. The van der Waals surface area contributed by atoms with Gasteiger partial charge in [-0.1, -0.05) is 20.3 Å². The summed E-state index contributed by atoms with van der Waals surface area (Å²) in [7, 11) is 2.14. The van der Waals surface area contributed by atoms with Crippen molar-refractivity contribution in [3.8, 4) is 0 Å². The number of ether oxygens (including phenoxy) is 1. The largest absolute Gasteiger partial charge is 0.377 e. The van der Waals surface area contributed by atoms with Crippen LogP contribution in [-0.2, 0) is 4.74 Å². The van der Waals surface area contributed by atoms with Gasteiger partial charge in [-0.2, -0.15) is 0 Å². The first-order chi connectivity index (χ1) is 5.70. The van der Waals surface area contributed by atoms with E-state index in [2.05, 4.69) is 32.7 Å². The third-order valence-electron chi connectivity index (χ3n) is 1.79. The van der Waals surface area contributed by atoms with Gasteiger partial charge in [0.15, 0.2) is 0 Å². The third kappa shape index (κ3) is 6.62. The summed E-state index contributed by atoms with van der Waals surface area (Å²) in [6.07, 6.45) is 2.89. The van der Waals surface area contributed by atoms with Gasteiger partial charge >= 0.3 is 0 Å². The molecule has 1 aliphatic rings. The van der Waals surface area contributed by atoms with Crippen LogP contribution in [0.3, 0.4) is 0 Å². The average molecular weight is 173 g/mol. The van der Waals surface area contributed by atoms with Crippen molar-refractivity contribution in [2.24, 2.45) is 0 Å². The standard InChI is InChI=1S/C7H15NO.C3H8/c1-7-3-4-8(2)5-6-9-7;1-3-2/h7H,3-6H2,1-2H3;3H2,1-2H3. The summed E-state index contributed by atoms with van der Waals surface area (Å²) in [4.78, 5) is 2.31. The second-order valence-electron chi connectivity index (χ2n) is 3.48. The van der Waals surface area contributed by atoms with Crippen molar-refractivity contribution in [3.63, 3.8) is 0 Å². The van der Waals surface area contributed by atoms with Crippen molar-refractivity contribution in [2.45, 2.75) is 39.7 Å². The highest BCUT2D eigenvalue weighted by Gasteiger charge is 2.09. The molecule has 0 saturated carbocycles. The van der Waals surface area contributed by atoms with Crippen molar-refractivity contribution >= 4 is 0 Å². The smallest absolute Gasteiger partial charge is 0.0596 e. The van der Waals surface area contributed by atoms with Gasteiger partial charge in [0.05, 0.1) is 12.7 Å². The van der Waals surface area contributed by atoms with Gasteiger partial charge in [0, 0.05) is 13.1 Å². The lowest BCUT2D eigenvalue weighted by atomic mass is 10.3. The van der Waals surface area contributed by atoms with E-state index in [-0.39, 0.29) is 0 Å². The topological polar surface area (TPSA) is 12.5 Å². The zero-order valence-electron chi connectivity index (χ0n) is 8.97. The molecule has 0 aliphatic carbocycles. The Morgan fingerprint density at radius 2 is 1.92 bits per heavy atom. The predicted octanol–water partition coefficient (Wildman–Crippen LogP) is 2.14. The molecule has 0 amide bonds. The van der Waals surface area contributed by atoms with Gasteiger partial charge in [-0.05, 0) is 20.4 Å². The van der Waals surface area contributed by atoms with Crippen LogP contribution in [0, 0.1) is 0 Å². The van der Waals surface area contributed by atoms with Crippen molar-refractivity contribution in [1.29, 1.82) is 0 Å². The lowest BCUT2D eigenvalue weighted by Gasteiger charge is -2.09. The third-order valence-corrected chi connectivity index (χ3v) is 1.79. The average Bonchev–Trinajstić information content (AvgIpc) is 2.18. The highest BCUT2D eigenvalue weighted by atomic mass is 16.5. The van der Waals surface area contributed by atoms with Crippen molar-refractivity contribution in [2.75, 3.05) is 26.7 Å². The highest BCUT2D eigenvalue weighted by molar-refractivity contribution is 4.60. The fraction of sp³-hybridized carbons (Fsp3) is 1.00. The maximum atomic E-state index is 5.43. The van der Waals surface area contributed by atoms with Gasteiger partial charge in [-0.15, -0.1) is 0 Å². The van der Waals surface area contributed by atoms with Gasteiger partial charge in [0.2, 0.25) is 0 Å². The molecule has 1 fully saturated rings. The molecule has 0 bridgehead atoms. The Kier molecular flexibility index (Phi) is 7.51. The minimum absolute atomic E-state index is 0.468. The van der Waals surface area contributed by atoms with Crippen LogP contribution in [0.4, 0.5) is 0 Å². The molecular weight excluding hydrogens is 150 g/mol. The summed E-state index contributed by atoms with van der Waals surface area (Å²) in [5.41, 5.74) is 0. The van der Waals surface area contributed by atoms with Crippen LogP contribution in [0.25, 0.3) is 0 Å². The van der Waals surface area contributed by atoms with E-state index in [1.165, 1.54) is 19.4 Å². The van der Waals surface area contributed by atoms with Crippen molar-refractivity contribution in [1.82, 2.24) is 4.90 Å². The van der Waals surface area contributed by atoms with Crippen LogP contribution in [-0.4, -0.2) is 37.7 Å². The number of rotatable bonds is 0. The van der Waals surface area contributed by atoms with Crippen molar-refractivity contribution < 1.29 is 4.74 Å². The van der Waals surface area contributed by atoms with E-state index in [0.717, 1.165) is 13.2 Å². The molecule has 1 rings (SSSR count). The van der Waals surface area contributed by atoms with E-state index in [1.807, 2.05) is 0 Å². The Labute approximate surface area is 76.9 Å². The first-order valence-electron chi connectivity index (χ1n) is 5.00. The first-order valence-corrected chi connectivity index (χ1v) is 5.00. The molecule has 74 valence electrons. The van der Waals surface area contributed by atoms with Crippen LogP contribution in [0.15, 0.2) is 0 Å². The lowest BCUT2D eigenvalue weighted by molar-refractivity contribution is 0.0759. The minimum Gasteiger partial charge on any atom is -0.377 e. The van der Waals surface area contributed by atoms with Crippen LogP contribution < -0.4 is 0 Å². The highest BCUT2D eigenvalue weighted by Crippen LogP contribution is 2.03. The van der Waals surface area contributed by atoms with E-state index in [0.29, 0.717) is 6.10 Å². The number of hydrogen-bond acceptors (Lipinski definition) is 2. The Bertz CT molecular complexity index is 85.8. The molecule has 1 unspecified atom stereocenters.